The molecule has 0 saturated heterocycles. The molecule has 0 saturated carbocycles. The molecule has 0 bridgehead atoms. The molecular weight excluding hydrogens is 273 g/mol. The number of benzene rings is 1. The minimum Gasteiger partial charge on any atom is -0.398 e. The number of anilines is 2. The van der Waals surface area contributed by atoms with Crippen molar-refractivity contribution in [1.29, 1.82) is 0 Å². The summed E-state index contributed by atoms with van der Waals surface area (Å²) in [6.07, 6.45) is -1.83. The highest BCUT2D eigenvalue weighted by molar-refractivity contribution is 6.03. The maximum atomic E-state index is 12.7. The topological polar surface area (TPSA) is 80.9 Å². The Labute approximate surface area is 111 Å². The molecular formula is C12H9F3N4O. The second-order valence-electron chi connectivity index (χ2n) is 3.83. The molecule has 8 heteroatoms. The van der Waals surface area contributed by atoms with Crippen LogP contribution in [0.2, 0.25) is 0 Å². The lowest BCUT2D eigenvalue weighted by molar-refractivity contribution is -0.136. The number of rotatable bonds is 2. The Kier molecular flexibility index (Phi) is 3.55. The van der Waals surface area contributed by atoms with Gasteiger partial charge in [-0.05, 0) is 24.3 Å². The third-order valence-corrected chi connectivity index (χ3v) is 2.41. The largest absolute Gasteiger partial charge is 0.418 e. The minimum atomic E-state index is -4.62. The summed E-state index contributed by atoms with van der Waals surface area (Å²) in [7, 11) is 0. The van der Waals surface area contributed by atoms with Crippen molar-refractivity contribution in [2.75, 3.05) is 11.1 Å². The normalized spacial score (nSPS) is 11.2. The Balaban J connectivity index is 2.27. The van der Waals surface area contributed by atoms with Crippen molar-refractivity contribution in [3.8, 4) is 0 Å². The highest BCUT2D eigenvalue weighted by atomic mass is 19.4. The second-order valence-corrected chi connectivity index (χ2v) is 3.83. The van der Waals surface area contributed by atoms with Gasteiger partial charge in [0, 0.05) is 23.6 Å². The van der Waals surface area contributed by atoms with Crippen molar-refractivity contribution in [2.24, 2.45) is 0 Å². The summed E-state index contributed by atoms with van der Waals surface area (Å²) in [5.74, 6) is -0.746. The predicted molar refractivity (Wildman–Crippen MR) is 65.8 cm³/mol. The summed E-state index contributed by atoms with van der Waals surface area (Å²) in [5.41, 5.74) is 3.57. The summed E-state index contributed by atoms with van der Waals surface area (Å²) in [4.78, 5) is 19.3. The zero-order valence-corrected chi connectivity index (χ0v) is 9.98. The van der Waals surface area contributed by atoms with Crippen LogP contribution in [-0.4, -0.2) is 15.9 Å². The van der Waals surface area contributed by atoms with Gasteiger partial charge in [0.1, 0.15) is 0 Å². The van der Waals surface area contributed by atoms with E-state index in [1.165, 1.54) is 18.5 Å². The van der Waals surface area contributed by atoms with Crippen molar-refractivity contribution in [1.82, 2.24) is 9.97 Å². The molecule has 0 spiro atoms. The molecule has 0 aliphatic carbocycles. The highest BCUT2D eigenvalue weighted by Crippen LogP contribution is 2.34. The molecule has 0 radical (unpaired) electrons. The summed E-state index contributed by atoms with van der Waals surface area (Å²) in [6, 6.07) is 4.46. The number of aromatic nitrogens is 2. The SMILES string of the molecule is Nc1ccc(C(=O)Nc2ncccn2)cc1C(F)(F)F. The lowest BCUT2D eigenvalue weighted by Crippen LogP contribution is -2.16. The summed E-state index contributed by atoms with van der Waals surface area (Å²) in [5, 5.41) is 2.29. The van der Waals surface area contributed by atoms with Crippen LogP contribution in [0.1, 0.15) is 15.9 Å². The van der Waals surface area contributed by atoms with Crippen LogP contribution < -0.4 is 11.1 Å². The van der Waals surface area contributed by atoms with E-state index in [4.69, 9.17) is 5.73 Å². The maximum Gasteiger partial charge on any atom is 0.418 e. The van der Waals surface area contributed by atoms with Crippen molar-refractivity contribution in [3.05, 3.63) is 47.8 Å². The maximum absolute atomic E-state index is 12.7. The van der Waals surface area contributed by atoms with Crippen LogP contribution >= 0.6 is 0 Å². The van der Waals surface area contributed by atoms with E-state index in [2.05, 4.69) is 15.3 Å². The van der Waals surface area contributed by atoms with E-state index in [0.717, 1.165) is 6.07 Å². The predicted octanol–water partition coefficient (Wildman–Crippen LogP) is 2.33. The molecule has 1 heterocycles. The van der Waals surface area contributed by atoms with Crippen LogP contribution in [0.3, 0.4) is 0 Å². The quantitative estimate of drug-likeness (QED) is 0.828. The lowest BCUT2D eigenvalue weighted by atomic mass is 10.1. The number of carbonyl (C=O) groups is 1. The molecule has 3 N–H and O–H groups in total. The van der Waals surface area contributed by atoms with Gasteiger partial charge in [-0.3, -0.25) is 10.1 Å². The first-order valence-electron chi connectivity index (χ1n) is 5.43. The Morgan fingerprint density at radius 3 is 2.45 bits per heavy atom. The highest BCUT2D eigenvalue weighted by Gasteiger charge is 2.33. The Morgan fingerprint density at radius 2 is 1.85 bits per heavy atom. The first-order valence-corrected chi connectivity index (χ1v) is 5.43. The van der Waals surface area contributed by atoms with E-state index < -0.39 is 23.3 Å². The number of nitrogens with two attached hydrogens (primary N) is 1. The van der Waals surface area contributed by atoms with E-state index in [9.17, 15) is 18.0 Å². The Bertz CT molecular complexity index is 628. The smallest absolute Gasteiger partial charge is 0.398 e. The first-order chi connectivity index (χ1) is 9.38. The molecule has 2 aromatic rings. The van der Waals surface area contributed by atoms with Crippen molar-refractivity contribution < 1.29 is 18.0 Å². The molecule has 2 rings (SSSR count). The second kappa shape index (κ2) is 5.16. The van der Waals surface area contributed by atoms with Crippen LogP contribution in [0.4, 0.5) is 24.8 Å². The minimum absolute atomic E-state index is 0.00267. The van der Waals surface area contributed by atoms with E-state index in [1.54, 1.807) is 6.07 Å². The first kappa shape index (κ1) is 13.8. The summed E-state index contributed by atoms with van der Waals surface area (Å²) in [6.45, 7) is 0. The van der Waals surface area contributed by atoms with Gasteiger partial charge in [-0.1, -0.05) is 0 Å². The lowest BCUT2D eigenvalue weighted by Gasteiger charge is -2.11. The van der Waals surface area contributed by atoms with Gasteiger partial charge in [0.15, 0.2) is 0 Å². The third-order valence-electron chi connectivity index (χ3n) is 2.41. The van der Waals surface area contributed by atoms with E-state index in [0.29, 0.717) is 6.07 Å². The zero-order valence-electron chi connectivity index (χ0n) is 9.98. The fourth-order valence-corrected chi connectivity index (χ4v) is 1.48. The van der Waals surface area contributed by atoms with Gasteiger partial charge >= 0.3 is 6.18 Å². The summed E-state index contributed by atoms with van der Waals surface area (Å²) >= 11 is 0. The molecule has 104 valence electrons. The molecule has 20 heavy (non-hydrogen) atoms. The number of carbonyl (C=O) groups excluding carboxylic acids is 1. The van der Waals surface area contributed by atoms with Crippen LogP contribution in [0.25, 0.3) is 0 Å². The standard InChI is InChI=1S/C12H9F3N4O/c13-12(14,15)8-6-7(2-3-9(8)16)10(20)19-11-17-4-1-5-18-11/h1-6H,16H2,(H,17,18,19,20). The van der Waals surface area contributed by atoms with Gasteiger partial charge in [-0.2, -0.15) is 13.2 Å². The molecule has 1 aromatic carbocycles. The molecule has 0 unspecified atom stereocenters. The molecule has 1 amide bonds. The summed E-state index contributed by atoms with van der Waals surface area (Å²) < 4.78 is 38.0. The number of alkyl halides is 3. The van der Waals surface area contributed by atoms with E-state index >= 15 is 0 Å². The average molecular weight is 282 g/mol. The van der Waals surface area contributed by atoms with Crippen molar-refractivity contribution in [2.45, 2.75) is 6.18 Å². The molecule has 0 aliphatic heterocycles. The number of halogens is 3. The van der Waals surface area contributed by atoms with Gasteiger partial charge < -0.3 is 5.73 Å². The van der Waals surface area contributed by atoms with Gasteiger partial charge in [0.25, 0.3) is 5.91 Å². The average Bonchev–Trinajstić information content (AvgIpc) is 2.39. The van der Waals surface area contributed by atoms with Crippen LogP contribution in [-0.2, 0) is 6.18 Å². The Hall–Kier alpha value is -2.64. The monoisotopic (exact) mass is 282 g/mol. The van der Waals surface area contributed by atoms with Gasteiger partial charge in [-0.25, -0.2) is 9.97 Å². The fourth-order valence-electron chi connectivity index (χ4n) is 1.48. The van der Waals surface area contributed by atoms with Gasteiger partial charge in [0.2, 0.25) is 5.95 Å². The van der Waals surface area contributed by atoms with Crippen LogP contribution in [0.15, 0.2) is 36.7 Å². The molecule has 0 aliphatic rings. The van der Waals surface area contributed by atoms with Crippen LogP contribution in [0.5, 0.6) is 0 Å². The number of nitrogen functional groups attached to an aromatic ring is 1. The van der Waals surface area contributed by atoms with Crippen molar-refractivity contribution >= 4 is 17.5 Å². The van der Waals surface area contributed by atoms with E-state index in [1.807, 2.05) is 0 Å². The number of nitrogens with zero attached hydrogens (tertiary/aromatic N) is 2. The molecule has 1 aromatic heterocycles. The zero-order chi connectivity index (χ0) is 14.8. The van der Waals surface area contributed by atoms with Crippen molar-refractivity contribution in [3.63, 3.8) is 0 Å². The number of hydrogen-bond donors (Lipinski definition) is 2. The molecule has 0 atom stereocenters. The molecule has 5 nitrogen and oxygen atoms in total. The van der Waals surface area contributed by atoms with E-state index in [-0.39, 0.29) is 11.5 Å². The third kappa shape index (κ3) is 3.02. The number of nitrogens with one attached hydrogen (secondary N) is 1. The van der Waals surface area contributed by atoms with Crippen LogP contribution in [0, 0.1) is 0 Å². The number of hydrogen-bond acceptors (Lipinski definition) is 4. The Morgan fingerprint density at radius 1 is 1.20 bits per heavy atom. The van der Waals surface area contributed by atoms with Gasteiger partial charge in [0.05, 0.1) is 5.56 Å². The van der Waals surface area contributed by atoms with Gasteiger partial charge in [-0.15, -0.1) is 0 Å². The fraction of sp³-hybridized carbons (Fsp3) is 0.0833. The molecule has 0 fully saturated rings. The number of amides is 1.